The lowest BCUT2D eigenvalue weighted by atomic mass is 10.1. The van der Waals surface area contributed by atoms with Crippen LogP contribution < -0.4 is 5.32 Å². The van der Waals surface area contributed by atoms with E-state index in [0.29, 0.717) is 0 Å². The van der Waals surface area contributed by atoms with Crippen LogP contribution in [0.4, 0.5) is 0 Å². The van der Waals surface area contributed by atoms with Gasteiger partial charge in [0.1, 0.15) is 0 Å². The predicted octanol–water partition coefficient (Wildman–Crippen LogP) is 2.99. The lowest BCUT2D eigenvalue weighted by Gasteiger charge is -2.25. The molecule has 1 aliphatic rings. The molecule has 1 nitrogen and oxygen atoms in total. The third-order valence-corrected chi connectivity index (χ3v) is 1.82. The topological polar surface area (TPSA) is 12.0 Å². The quantitative estimate of drug-likeness (QED) is 0.661. The van der Waals surface area contributed by atoms with Gasteiger partial charge in [-0.05, 0) is 33.3 Å². The molecule has 0 aliphatic heterocycles. The number of hydrogen-bond donors (Lipinski definition) is 1. The van der Waals surface area contributed by atoms with Crippen molar-refractivity contribution < 1.29 is 0 Å². The Hall–Kier alpha value is -0.430. The van der Waals surface area contributed by atoms with E-state index in [4.69, 9.17) is 11.6 Å². The molecule has 0 unspecified atom stereocenters. The first kappa shape index (κ1) is 9.66. The lowest BCUT2D eigenvalue weighted by molar-refractivity contribution is 0.474. The summed E-state index contributed by atoms with van der Waals surface area (Å²) in [5, 5.41) is 4.15. The fourth-order valence-corrected chi connectivity index (χ4v) is 1.27. The normalized spacial score (nSPS) is 18.3. The van der Waals surface area contributed by atoms with Crippen molar-refractivity contribution in [1.82, 2.24) is 5.32 Å². The van der Waals surface area contributed by atoms with Gasteiger partial charge in [-0.3, -0.25) is 0 Å². The summed E-state index contributed by atoms with van der Waals surface area (Å²) in [4.78, 5) is 0. The second kappa shape index (κ2) is 3.53. The van der Waals surface area contributed by atoms with Crippen molar-refractivity contribution in [1.29, 1.82) is 0 Å². The second-order valence-electron chi connectivity index (χ2n) is 3.98. The molecule has 1 aliphatic carbocycles. The summed E-state index contributed by atoms with van der Waals surface area (Å²) in [5.74, 6) is 0. The maximum absolute atomic E-state index is 5.99. The SMILES string of the molecule is CC(C)(C)NC1=C(Cl)C=CC[CH]1. The largest absolute Gasteiger partial charge is 0.382 e. The smallest absolute Gasteiger partial charge is 0.0595 e. The van der Waals surface area contributed by atoms with Crippen LogP contribution in [0.1, 0.15) is 27.2 Å². The molecule has 0 fully saturated rings. The average Bonchev–Trinajstić information content (AvgIpc) is 1.91. The highest BCUT2D eigenvalue weighted by Crippen LogP contribution is 2.20. The Labute approximate surface area is 79.5 Å². The molecular formula is C10H15ClN. The molecule has 0 atom stereocenters. The van der Waals surface area contributed by atoms with Crippen molar-refractivity contribution in [3.8, 4) is 0 Å². The Kier molecular flexibility index (Phi) is 2.84. The Morgan fingerprint density at radius 3 is 2.58 bits per heavy atom. The van der Waals surface area contributed by atoms with Gasteiger partial charge < -0.3 is 5.32 Å². The standard InChI is InChI=1S/C10H15ClN/c1-10(2,3)12-9-7-5-4-6-8(9)11/h4,6-7,12H,5H2,1-3H3. The fourth-order valence-electron chi connectivity index (χ4n) is 1.06. The van der Waals surface area contributed by atoms with Crippen LogP contribution in [0, 0.1) is 6.42 Å². The van der Waals surface area contributed by atoms with Crippen LogP contribution >= 0.6 is 11.6 Å². The summed E-state index contributed by atoms with van der Waals surface area (Å²) in [6.45, 7) is 6.36. The zero-order valence-electron chi connectivity index (χ0n) is 7.82. The summed E-state index contributed by atoms with van der Waals surface area (Å²) >= 11 is 5.99. The highest BCUT2D eigenvalue weighted by molar-refractivity contribution is 6.31. The van der Waals surface area contributed by atoms with E-state index in [9.17, 15) is 0 Å². The number of allylic oxidation sites excluding steroid dienone is 4. The van der Waals surface area contributed by atoms with Gasteiger partial charge in [-0.15, -0.1) is 0 Å². The van der Waals surface area contributed by atoms with E-state index >= 15 is 0 Å². The van der Waals surface area contributed by atoms with E-state index in [1.54, 1.807) is 0 Å². The molecule has 0 aromatic carbocycles. The van der Waals surface area contributed by atoms with Crippen molar-refractivity contribution in [3.63, 3.8) is 0 Å². The van der Waals surface area contributed by atoms with Crippen LogP contribution in [0.2, 0.25) is 0 Å². The second-order valence-corrected chi connectivity index (χ2v) is 4.39. The van der Waals surface area contributed by atoms with E-state index in [0.717, 1.165) is 17.2 Å². The van der Waals surface area contributed by atoms with Crippen molar-refractivity contribution >= 4 is 11.6 Å². The van der Waals surface area contributed by atoms with Crippen LogP contribution in [0.3, 0.4) is 0 Å². The maximum Gasteiger partial charge on any atom is 0.0595 e. The Balaban J connectivity index is 2.68. The molecule has 0 heterocycles. The Morgan fingerprint density at radius 2 is 2.08 bits per heavy atom. The van der Waals surface area contributed by atoms with Crippen molar-refractivity contribution in [2.45, 2.75) is 32.7 Å². The first-order valence-corrected chi connectivity index (χ1v) is 4.54. The summed E-state index contributed by atoms with van der Waals surface area (Å²) in [7, 11) is 0. The van der Waals surface area contributed by atoms with Crippen LogP contribution in [-0.4, -0.2) is 5.54 Å². The van der Waals surface area contributed by atoms with Gasteiger partial charge in [0, 0.05) is 17.7 Å². The first-order valence-electron chi connectivity index (χ1n) is 4.17. The molecule has 12 heavy (non-hydrogen) atoms. The summed E-state index contributed by atoms with van der Waals surface area (Å²) < 4.78 is 0. The minimum Gasteiger partial charge on any atom is -0.382 e. The first-order chi connectivity index (χ1) is 5.49. The predicted molar refractivity (Wildman–Crippen MR) is 53.8 cm³/mol. The van der Waals surface area contributed by atoms with Crippen molar-refractivity contribution in [2.24, 2.45) is 0 Å². The zero-order chi connectivity index (χ0) is 9.19. The van der Waals surface area contributed by atoms with E-state index in [1.165, 1.54) is 0 Å². The number of rotatable bonds is 1. The van der Waals surface area contributed by atoms with Crippen LogP contribution in [-0.2, 0) is 0 Å². The monoisotopic (exact) mass is 184 g/mol. The highest BCUT2D eigenvalue weighted by atomic mass is 35.5. The highest BCUT2D eigenvalue weighted by Gasteiger charge is 2.14. The van der Waals surface area contributed by atoms with Gasteiger partial charge >= 0.3 is 0 Å². The Bertz CT molecular complexity index is 220. The molecule has 0 saturated heterocycles. The average molecular weight is 185 g/mol. The summed E-state index contributed by atoms with van der Waals surface area (Å²) in [6.07, 6.45) is 7.06. The molecule has 0 amide bonds. The van der Waals surface area contributed by atoms with Gasteiger partial charge in [-0.1, -0.05) is 17.7 Å². The van der Waals surface area contributed by atoms with Crippen molar-refractivity contribution in [3.05, 3.63) is 29.3 Å². The molecule has 0 bridgehead atoms. The van der Waals surface area contributed by atoms with Gasteiger partial charge in [-0.2, -0.15) is 0 Å². The van der Waals surface area contributed by atoms with Gasteiger partial charge in [0.15, 0.2) is 0 Å². The number of nitrogens with one attached hydrogen (secondary N) is 1. The fraction of sp³-hybridized carbons (Fsp3) is 0.500. The van der Waals surface area contributed by atoms with E-state index in [1.807, 2.05) is 6.08 Å². The maximum atomic E-state index is 5.99. The number of hydrogen-bond acceptors (Lipinski definition) is 1. The van der Waals surface area contributed by atoms with E-state index < -0.39 is 0 Å². The minimum atomic E-state index is 0.0805. The molecular weight excluding hydrogens is 170 g/mol. The van der Waals surface area contributed by atoms with Gasteiger partial charge in [0.05, 0.1) is 5.03 Å². The van der Waals surface area contributed by atoms with Crippen molar-refractivity contribution in [2.75, 3.05) is 0 Å². The minimum absolute atomic E-state index is 0.0805. The van der Waals surface area contributed by atoms with E-state index in [2.05, 4.69) is 38.6 Å². The van der Waals surface area contributed by atoms with Crippen LogP contribution in [0.15, 0.2) is 22.9 Å². The lowest BCUT2D eigenvalue weighted by Crippen LogP contribution is -2.35. The molecule has 0 aromatic heterocycles. The zero-order valence-corrected chi connectivity index (χ0v) is 8.57. The summed E-state index contributed by atoms with van der Waals surface area (Å²) in [5.41, 5.74) is 1.13. The molecule has 1 N–H and O–H groups in total. The third kappa shape index (κ3) is 2.90. The van der Waals surface area contributed by atoms with Gasteiger partial charge in [0.2, 0.25) is 0 Å². The molecule has 0 saturated carbocycles. The molecule has 2 heteroatoms. The van der Waals surface area contributed by atoms with E-state index in [-0.39, 0.29) is 5.54 Å². The van der Waals surface area contributed by atoms with Crippen LogP contribution in [0.25, 0.3) is 0 Å². The summed E-state index contributed by atoms with van der Waals surface area (Å²) in [6, 6.07) is 0. The Morgan fingerprint density at radius 1 is 1.42 bits per heavy atom. The van der Waals surface area contributed by atoms with Gasteiger partial charge in [-0.25, -0.2) is 0 Å². The third-order valence-electron chi connectivity index (χ3n) is 1.49. The number of halogens is 1. The van der Waals surface area contributed by atoms with Crippen LogP contribution in [0.5, 0.6) is 0 Å². The molecule has 1 rings (SSSR count). The molecule has 0 spiro atoms. The molecule has 67 valence electrons. The van der Waals surface area contributed by atoms with Gasteiger partial charge in [0.25, 0.3) is 0 Å². The molecule has 1 radical (unpaired) electrons. The molecule has 0 aromatic rings.